The van der Waals surface area contributed by atoms with Crippen molar-refractivity contribution in [2.45, 2.75) is 31.6 Å². The van der Waals surface area contributed by atoms with Gasteiger partial charge in [-0.1, -0.05) is 11.2 Å². The highest BCUT2D eigenvalue weighted by molar-refractivity contribution is 5.94. The Morgan fingerprint density at radius 3 is 2.96 bits per heavy atom. The van der Waals surface area contributed by atoms with Gasteiger partial charge in [0.25, 0.3) is 5.91 Å². The molecule has 0 N–H and O–H groups in total. The Bertz CT molecular complexity index is 851. The van der Waals surface area contributed by atoms with E-state index in [1.807, 2.05) is 4.90 Å². The summed E-state index contributed by atoms with van der Waals surface area (Å²) in [6.45, 7) is 2.88. The van der Waals surface area contributed by atoms with Crippen molar-refractivity contribution in [2.75, 3.05) is 26.3 Å². The summed E-state index contributed by atoms with van der Waals surface area (Å²) in [5, 5.41) is 13.1. The first-order valence-electron chi connectivity index (χ1n) is 9.42. The molecular formula is C20H22N4O3. The van der Waals surface area contributed by atoms with Gasteiger partial charge < -0.3 is 14.2 Å². The average molecular weight is 366 g/mol. The summed E-state index contributed by atoms with van der Waals surface area (Å²) in [6.07, 6.45) is 3.49. The van der Waals surface area contributed by atoms with E-state index in [4.69, 9.17) is 14.5 Å². The lowest BCUT2D eigenvalue weighted by molar-refractivity contribution is 0.0778. The number of amides is 1. The topological polar surface area (TPSA) is 92.2 Å². The standard InChI is InChI=1S/C20H22N4O3/c21-12-14-2-1-3-17(10-14)20(25)24-7-4-15(13-24)11-18-22-19(27-23-18)16-5-8-26-9-6-16/h1-3,10,15-16H,4-9,11,13H2. The first kappa shape index (κ1) is 17.7. The third-order valence-electron chi connectivity index (χ3n) is 5.34. The van der Waals surface area contributed by atoms with Gasteiger partial charge in [-0.15, -0.1) is 0 Å². The van der Waals surface area contributed by atoms with Gasteiger partial charge in [0.15, 0.2) is 5.82 Å². The predicted octanol–water partition coefficient (Wildman–Crippen LogP) is 2.54. The number of ether oxygens (including phenoxy) is 1. The van der Waals surface area contributed by atoms with Gasteiger partial charge in [-0.2, -0.15) is 10.2 Å². The molecule has 1 aromatic heterocycles. The largest absolute Gasteiger partial charge is 0.381 e. The van der Waals surface area contributed by atoms with Gasteiger partial charge in [0.2, 0.25) is 5.89 Å². The van der Waals surface area contributed by atoms with E-state index in [2.05, 4.69) is 16.2 Å². The van der Waals surface area contributed by atoms with Gasteiger partial charge in [0, 0.05) is 44.2 Å². The Morgan fingerprint density at radius 1 is 1.30 bits per heavy atom. The molecular weight excluding hydrogens is 344 g/mol. The molecule has 0 saturated carbocycles. The molecule has 7 nitrogen and oxygen atoms in total. The first-order valence-corrected chi connectivity index (χ1v) is 9.42. The van der Waals surface area contributed by atoms with Crippen LogP contribution in [0, 0.1) is 17.2 Å². The third-order valence-corrected chi connectivity index (χ3v) is 5.34. The molecule has 2 saturated heterocycles. The van der Waals surface area contributed by atoms with Gasteiger partial charge in [-0.25, -0.2) is 0 Å². The van der Waals surface area contributed by atoms with Gasteiger partial charge in [0.05, 0.1) is 11.6 Å². The molecule has 140 valence electrons. The summed E-state index contributed by atoms with van der Waals surface area (Å²) in [5.41, 5.74) is 1.07. The number of benzene rings is 1. The lowest BCUT2D eigenvalue weighted by Crippen LogP contribution is -2.29. The van der Waals surface area contributed by atoms with Crippen LogP contribution < -0.4 is 0 Å². The maximum atomic E-state index is 12.7. The van der Waals surface area contributed by atoms with Gasteiger partial charge in [0.1, 0.15) is 0 Å². The Balaban J connectivity index is 1.35. The molecule has 0 bridgehead atoms. The molecule has 2 aromatic rings. The van der Waals surface area contributed by atoms with Crippen molar-refractivity contribution in [3.63, 3.8) is 0 Å². The summed E-state index contributed by atoms with van der Waals surface area (Å²) in [5.74, 6) is 2.04. The average Bonchev–Trinajstić information content (AvgIpc) is 3.38. The minimum Gasteiger partial charge on any atom is -0.381 e. The maximum absolute atomic E-state index is 12.7. The van der Waals surface area contributed by atoms with Gasteiger partial charge in [-0.05, 0) is 43.4 Å². The van der Waals surface area contributed by atoms with E-state index in [0.717, 1.165) is 38.3 Å². The van der Waals surface area contributed by atoms with Crippen LogP contribution in [0.15, 0.2) is 28.8 Å². The number of hydrogen-bond acceptors (Lipinski definition) is 6. The van der Waals surface area contributed by atoms with Crippen LogP contribution in [0.4, 0.5) is 0 Å². The predicted molar refractivity (Wildman–Crippen MR) is 96.0 cm³/mol. The minimum atomic E-state index is -0.0226. The second-order valence-corrected chi connectivity index (χ2v) is 7.24. The van der Waals surface area contributed by atoms with E-state index in [-0.39, 0.29) is 5.91 Å². The van der Waals surface area contributed by atoms with Crippen LogP contribution in [0.1, 0.15) is 52.8 Å². The number of aromatic nitrogens is 2. The van der Waals surface area contributed by atoms with Crippen LogP contribution in [0.25, 0.3) is 0 Å². The molecule has 27 heavy (non-hydrogen) atoms. The quantitative estimate of drug-likeness (QED) is 0.826. The van der Waals surface area contributed by atoms with Crippen LogP contribution in [-0.2, 0) is 11.2 Å². The fraction of sp³-hybridized carbons (Fsp3) is 0.500. The van der Waals surface area contributed by atoms with E-state index in [1.54, 1.807) is 24.3 Å². The van der Waals surface area contributed by atoms with Crippen LogP contribution in [0.2, 0.25) is 0 Å². The number of nitrogens with zero attached hydrogens (tertiary/aromatic N) is 4. The summed E-state index contributed by atoms with van der Waals surface area (Å²) >= 11 is 0. The zero-order valence-electron chi connectivity index (χ0n) is 15.1. The fourth-order valence-electron chi connectivity index (χ4n) is 3.81. The second-order valence-electron chi connectivity index (χ2n) is 7.24. The molecule has 1 amide bonds. The van der Waals surface area contributed by atoms with E-state index in [9.17, 15) is 4.79 Å². The summed E-state index contributed by atoms with van der Waals surface area (Å²) in [7, 11) is 0. The smallest absolute Gasteiger partial charge is 0.253 e. The fourth-order valence-corrected chi connectivity index (χ4v) is 3.81. The Labute approximate surface area is 157 Å². The molecule has 1 atom stereocenters. The molecule has 2 aliphatic heterocycles. The summed E-state index contributed by atoms with van der Waals surface area (Å²) < 4.78 is 10.8. The van der Waals surface area contributed by atoms with Crippen molar-refractivity contribution in [3.05, 3.63) is 47.1 Å². The number of nitriles is 1. The highest BCUT2D eigenvalue weighted by atomic mass is 16.5. The van der Waals surface area contributed by atoms with Crippen molar-refractivity contribution < 1.29 is 14.1 Å². The Hall–Kier alpha value is -2.72. The number of rotatable bonds is 4. The summed E-state index contributed by atoms with van der Waals surface area (Å²) in [4.78, 5) is 19.1. The van der Waals surface area contributed by atoms with Gasteiger partial charge in [-0.3, -0.25) is 4.79 Å². The summed E-state index contributed by atoms with van der Waals surface area (Å²) in [6, 6.07) is 8.94. The molecule has 3 heterocycles. The van der Waals surface area contributed by atoms with E-state index in [0.29, 0.717) is 48.4 Å². The Kier molecular flexibility index (Phi) is 5.16. The molecule has 4 rings (SSSR count). The highest BCUT2D eigenvalue weighted by Gasteiger charge is 2.29. The second kappa shape index (κ2) is 7.89. The normalized spacial score (nSPS) is 20.6. The van der Waals surface area contributed by atoms with Crippen molar-refractivity contribution >= 4 is 5.91 Å². The molecule has 1 unspecified atom stereocenters. The number of hydrogen-bond donors (Lipinski definition) is 0. The number of carbonyl (C=O) groups is 1. The molecule has 1 aromatic carbocycles. The van der Waals surface area contributed by atoms with E-state index >= 15 is 0 Å². The van der Waals surface area contributed by atoms with Crippen LogP contribution in [0.5, 0.6) is 0 Å². The van der Waals surface area contributed by atoms with Crippen molar-refractivity contribution in [2.24, 2.45) is 5.92 Å². The SMILES string of the molecule is N#Cc1cccc(C(=O)N2CCC(Cc3noc(C4CCOCC4)n3)C2)c1. The number of carbonyl (C=O) groups excluding carboxylic acids is 1. The van der Waals surface area contributed by atoms with E-state index in [1.165, 1.54) is 0 Å². The lowest BCUT2D eigenvalue weighted by atomic mass is 10.0. The molecule has 7 heteroatoms. The zero-order valence-corrected chi connectivity index (χ0v) is 15.1. The molecule has 0 spiro atoms. The molecule has 2 aliphatic rings. The zero-order chi connectivity index (χ0) is 18.6. The monoisotopic (exact) mass is 366 g/mol. The van der Waals surface area contributed by atoms with Crippen LogP contribution >= 0.6 is 0 Å². The maximum Gasteiger partial charge on any atom is 0.253 e. The van der Waals surface area contributed by atoms with Crippen molar-refractivity contribution in [1.29, 1.82) is 5.26 Å². The minimum absolute atomic E-state index is 0.0226. The number of likely N-dealkylation sites (tertiary alicyclic amines) is 1. The van der Waals surface area contributed by atoms with E-state index < -0.39 is 0 Å². The van der Waals surface area contributed by atoms with Gasteiger partial charge >= 0.3 is 0 Å². The van der Waals surface area contributed by atoms with Crippen molar-refractivity contribution in [3.8, 4) is 6.07 Å². The molecule has 2 fully saturated rings. The third kappa shape index (κ3) is 4.01. The molecule has 0 aliphatic carbocycles. The van der Waals surface area contributed by atoms with Crippen molar-refractivity contribution in [1.82, 2.24) is 15.0 Å². The van der Waals surface area contributed by atoms with Crippen LogP contribution in [-0.4, -0.2) is 47.3 Å². The highest BCUT2D eigenvalue weighted by Crippen LogP contribution is 2.27. The molecule has 0 radical (unpaired) electrons. The first-order chi connectivity index (χ1) is 13.2. The Morgan fingerprint density at radius 2 is 2.15 bits per heavy atom. The lowest BCUT2D eigenvalue weighted by Gasteiger charge is -2.18. The van der Waals surface area contributed by atoms with Crippen LogP contribution in [0.3, 0.4) is 0 Å².